The predicted molar refractivity (Wildman–Crippen MR) is 76.1 cm³/mol. The molecular formula is C15H32N2. The van der Waals surface area contributed by atoms with Crippen LogP contribution in [-0.2, 0) is 0 Å². The molecule has 1 aliphatic rings. The molecule has 1 saturated carbocycles. The van der Waals surface area contributed by atoms with Gasteiger partial charge in [-0.1, -0.05) is 47.0 Å². The van der Waals surface area contributed by atoms with Crippen LogP contribution >= 0.6 is 0 Å². The fourth-order valence-electron chi connectivity index (χ4n) is 2.66. The molecule has 0 spiro atoms. The quantitative estimate of drug-likeness (QED) is 0.724. The maximum absolute atomic E-state index is 6.16. The normalized spacial score (nSPS) is 22.4. The van der Waals surface area contributed by atoms with E-state index in [1.54, 1.807) is 0 Å². The van der Waals surface area contributed by atoms with E-state index in [1.807, 2.05) is 0 Å². The molecule has 0 aromatic heterocycles. The number of nitrogens with one attached hydrogen (secondary N) is 1. The summed E-state index contributed by atoms with van der Waals surface area (Å²) in [4.78, 5) is 0. The van der Waals surface area contributed by atoms with Crippen LogP contribution in [0.5, 0.6) is 0 Å². The number of hydrogen-bond acceptors (Lipinski definition) is 2. The van der Waals surface area contributed by atoms with Gasteiger partial charge in [0, 0.05) is 12.6 Å². The van der Waals surface area contributed by atoms with Crippen molar-refractivity contribution >= 4 is 0 Å². The fraction of sp³-hybridized carbons (Fsp3) is 1.00. The standard InChI is InChI=1S/C15H32N2/c1-14(2,3)13(16)8-11-17-12-15(4)9-6-5-7-10-15/h13,17H,5-12,16H2,1-4H3. The smallest absolute Gasteiger partial charge is 0.00997 e. The van der Waals surface area contributed by atoms with Crippen LogP contribution in [0.1, 0.15) is 66.2 Å². The summed E-state index contributed by atoms with van der Waals surface area (Å²) in [5.41, 5.74) is 6.94. The molecule has 0 radical (unpaired) electrons. The van der Waals surface area contributed by atoms with Crippen molar-refractivity contribution in [3.8, 4) is 0 Å². The Hall–Kier alpha value is -0.0800. The van der Waals surface area contributed by atoms with Crippen LogP contribution in [0.25, 0.3) is 0 Å². The van der Waals surface area contributed by atoms with E-state index in [0.717, 1.165) is 13.0 Å². The summed E-state index contributed by atoms with van der Waals surface area (Å²) in [5.74, 6) is 0. The third kappa shape index (κ3) is 5.39. The Bertz CT molecular complexity index is 211. The van der Waals surface area contributed by atoms with Crippen LogP contribution < -0.4 is 11.1 Å². The van der Waals surface area contributed by atoms with Gasteiger partial charge in [-0.05, 0) is 36.6 Å². The van der Waals surface area contributed by atoms with Gasteiger partial charge >= 0.3 is 0 Å². The first-order valence-corrected chi connectivity index (χ1v) is 7.30. The van der Waals surface area contributed by atoms with Gasteiger partial charge in [0.2, 0.25) is 0 Å². The minimum absolute atomic E-state index is 0.233. The summed E-state index contributed by atoms with van der Waals surface area (Å²) in [7, 11) is 0. The first kappa shape index (κ1) is 15.0. The number of rotatable bonds is 5. The second kappa shape index (κ2) is 6.19. The average Bonchev–Trinajstić information content (AvgIpc) is 2.24. The molecule has 2 nitrogen and oxygen atoms in total. The van der Waals surface area contributed by atoms with E-state index in [0.29, 0.717) is 11.5 Å². The molecule has 1 unspecified atom stereocenters. The molecule has 3 N–H and O–H groups in total. The van der Waals surface area contributed by atoms with Crippen LogP contribution in [0.15, 0.2) is 0 Å². The van der Waals surface area contributed by atoms with Crippen molar-refractivity contribution in [1.82, 2.24) is 5.32 Å². The van der Waals surface area contributed by atoms with Gasteiger partial charge in [-0.15, -0.1) is 0 Å². The van der Waals surface area contributed by atoms with E-state index >= 15 is 0 Å². The third-order valence-corrected chi connectivity index (χ3v) is 4.36. The summed E-state index contributed by atoms with van der Waals surface area (Å²) in [6.45, 7) is 11.3. The molecule has 0 amide bonds. The SMILES string of the molecule is CC1(CNCCC(N)C(C)(C)C)CCCCC1. The fourth-order valence-corrected chi connectivity index (χ4v) is 2.66. The van der Waals surface area contributed by atoms with Gasteiger partial charge in [0.15, 0.2) is 0 Å². The lowest BCUT2D eigenvalue weighted by Crippen LogP contribution is -2.40. The molecule has 102 valence electrons. The molecule has 0 aromatic rings. The van der Waals surface area contributed by atoms with Gasteiger partial charge in [0.1, 0.15) is 0 Å². The monoisotopic (exact) mass is 240 g/mol. The zero-order valence-electron chi connectivity index (χ0n) is 12.3. The zero-order valence-corrected chi connectivity index (χ0v) is 12.3. The van der Waals surface area contributed by atoms with Crippen molar-refractivity contribution in [2.75, 3.05) is 13.1 Å². The molecule has 0 heterocycles. The van der Waals surface area contributed by atoms with E-state index in [2.05, 4.69) is 33.0 Å². The van der Waals surface area contributed by atoms with Crippen molar-refractivity contribution in [1.29, 1.82) is 0 Å². The van der Waals surface area contributed by atoms with Gasteiger partial charge in [0.25, 0.3) is 0 Å². The Kier molecular flexibility index (Phi) is 5.46. The molecule has 17 heavy (non-hydrogen) atoms. The molecule has 1 atom stereocenters. The predicted octanol–water partition coefficient (Wildman–Crippen LogP) is 3.31. The Morgan fingerprint density at radius 1 is 1.18 bits per heavy atom. The third-order valence-electron chi connectivity index (χ3n) is 4.36. The topological polar surface area (TPSA) is 38.0 Å². The maximum Gasteiger partial charge on any atom is 0.00997 e. The number of nitrogens with two attached hydrogens (primary N) is 1. The van der Waals surface area contributed by atoms with Crippen LogP contribution in [-0.4, -0.2) is 19.1 Å². The lowest BCUT2D eigenvalue weighted by Gasteiger charge is -2.34. The van der Waals surface area contributed by atoms with Crippen molar-refractivity contribution in [2.45, 2.75) is 72.3 Å². The summed E-state index contributed by atoms with van der Waals surface area (Å²) in [6.07, 6.45) is 8.14. The van der Waals surface area contributed by atoms with Crippen molar-refractivity contribution in [3.63, 3.8) is 0 Å². The van der Waals surface area contributed by atoms with Gasteiger partial charge in [-0.3, -0.25) is 0 Å². The highest BCUT2D eigenvalue weighted by Crippen LogP contribution is 2.34. The molecule has 1 rings (SSSR count). The van der Waals surface area contributed by atoms with E-state index < -0.39 is 0 Å². The van der Waals surface area contributed by atoms with Crippen molar-refractivity contribution < 1.29 is 0 Å². The lowest BCUT2D eigenvalue weighted by atomic mass is 9.75. The molecule has 0 aromatic carbocycles. The summed E-state index contributed by atoms with van der Waals surface area (Å²) in [6, 6.07) is 0.300. The summed E-state index contributed by atoms with van der Waals surface area (Å²) < 4.78 is 0. The van der Waals surface area contributed by atoms with E-state index in [9.17, 15) is 0 Å². The van der Waals surface area contributed by atoms with Gasteiger partial charge < -0.3 is 11.1 Å². The molecule has 1 fully saturated rings. The molecule has 0 bridgehead atoms. The molecule has 1 aliphatic carbocycles. The van der Waals surface area contributed by atoms with Crippen LogP contribution in [0.4, 0.5) is 0 Å². The van der Waals surface area contributed by atoms with Crippen LogP contribution in [0.3, 0.4) is 0 Å². The second-order valence-corrected chi connectivity index (χ2v) is 7.31. The largest absolute Gasteiger partial charge is 0.327 e. The molecule has 0 aliphatic heterocycles. The van der Waals surface area contributed by atoms with Crippen LogP contribution in [0.2, 0.25) is 0 Å². The highest BCUT2D eigenvalue weighted by molar-refractivity contribution is 4.82. The minimum atomic E-state index is 0.233. The molecular weight excluding hydrogens is 208 g/mol. The van der Waals surface area contributed by atoms with E-state index in [1.165, 1.54) is 38.6 Å². The summed E-state index contributed by atoms with van der Waals surface area (Å²) >= 11 is 0. The highest BCUT2D eigenvalue weighted by Gasteiger charge is 2.26. The first-order valence-electron chi connectivity index (χ1n) is 7.30. The minimum Gasteiger partial charge on any atom is -0.327 e. The Balaban J connectivity index is 2.15. The van der Waals surface area contributed by atoms with Gasteiger partial charge in [-0.2, -0.15) is 0 Å². The van der Waals surface area contributed by atoms with Gasteiger partial charge in [-0.25, -0.2) is 0 Å². The number of hydrogen-bond donors (Lipinski definition) is 2. The summed E-state index contributed by atoms with van der Waals surface area (Å²) in [5, 5.41) is 3.62. The van der Waals surface area contributed by atoms with Gasteiger partial charge in [0.05, 0.1) is 0 Å². The van der Waals surface area contributed by atoms with E-state index in [-0.39, 0.29) is 5.41 Å². The van der Waals surface area contributed by atoms with Crippen molar-refractivity contribution in [3.05, 3.63) is 0 Å². The lowest BCUT2D eigenvalue weighted by molar-refractivity contribution is 0.205. The highest BCUT2D eigenvalue weighted by atomic mass is 14.9. The van der Waals surface area contributed by atoms with Crippen LogP contribution in [0, 0.1) is 10.8 Å². The van der Waals surface area contributed by atoms with E-state index in [4.69, 9.17) is 5.73 Å². The molecule has 0 saturated heterocycles. The average molecular weight is 240 g/mol. The first-order chi connectivity index (χ1) is 7.83. The maximum atomic E-state index is 6.16. The zero-order chi connectivity index (χ0) is 12.9. The Morgan fingerprint density at radius 2 is 1.76 bits per heavy atom. The Labute approximate surface area is 108 Å². The van der Waals surface area contributed by atoms with Crippen molar-refractivity contribution in [2.24, 2.45) is 16.6 Å². The second-order valence-electron chi connectivity index (χ2n) is 7.31. The molecule has 2 heteroatoms. The Morgan fingerprint density at radius 3 is 2.29 bits per heavy atom.